The quantitative estimate of drug-likeness (QED) is 0.849. The highest BCUT2D eigenvalue weighted by Gasteiger charge is 2.26. The first-order valence-electron chi connectivity index (χ1n) is 7.01. The van der Waals surface area contributed by atoms with E-state index in [9.17, 15) is 4.79 Å². The SMILES string of the molecule is O=C(Oc1ccccc1)N1CCOC(c2ccccc2)C1. The Labute approximate surface area is 123 Å². The lowest BCUT2D eigenvalue weighted by Gasteiger charge is -2.32. The van der Waals surface area contributed by atoms with Gasteiger partial charge >= 0.3 is 6.09 Å². The smallest absolute Gasteiger partial charge is 0.410 e. The topological polar surface area (TPSA) is 38.8 Å². The van der Waals surface area contributed by atoms with Gasteiger partial charge in [-0.25, -0.2) is 4.79 Å². The highest BCUT2D eigenvalue weighted by Crippen LogP contribution is 2.22. The number of ether oxygens (including phenoxy) is 2. The summed E-state index contributed by atoms with van der Waals surface area (Å²) in [6, 6.07) is 19.0. The van der Waals surface area contributed by atoms with Gasteiger partial charge in [-0.15, -0.1) is 0 Å². The summed E-state index contributed by atoms with van der Waals surface area (Å²) < 4.78 is 11.1. The standard InChI is InChI=1S/C17H17NO3/c19-17(21-15-9-5-2-6-10-15)18-11-12-20-16(13-18)14-7-3-1-4-8-14/h1-10,16H,11-13H2. The summed E-state index contributed by atoms with van der Waals surface area (Å²) in [5, 5.41) is 0. The zero-order valence-corrected chi connectivity index (χ0v) is 11.6. The fraction of sp³-hybridized carbons (Fsp3) is 0.235. The van der Waals surface area contributed by atoms with Gasteiger partial charge in [-0.3, -0.25) is 0 Å². The van der Waals surface area contributed by atoms with Crippen LogP contribution in [0.1, 0.15) is 11.7 Å². The lowest BCUT2D eigenvalue weighted by atomic mass is 10.1. The molecular formula is C17H17NO3. The van der Waals surface area contributed by atoms with Crippen molar-refractivity contribution in [2.45, 2.75) is 6.10 Å². The van der Waals surface area contributed by atoms with Crippen LogP contribution in [0.2, 0.25) is 0 Å². The number of carbonyl (C=O) groups is 1. The highest BCUT2D eigenvalue weighted by molar-refractivity contribution is 5.70. The number of benzene rings is 2. The maximum absolute atomic E-state index is 12.2. The number of hydrogen-bond acceptors (Lipinski definition) is 3. The molecule has 1 amide bonds. The van der Waals surface area contributed by atoms with Crippen LogP contribution in [0.4, 0.5) is 4.79 Å². The molecule has 4 heteroatoms. The van der Waals surface area contributed by atoms with Crippen molar-refractivity contribution in [1.29, 1.82) is 0 Å². The Morgan fingerprint density at radius 2 is 1.71 bits per heavy atom. The average Bonchev–Trinajstić information content (AvgIpc) is 2.57. The molecular weight excluding hydrogens is 266 g/mol. The van der Waals surface area contributed by atoms with E-state index in [1.165, 1.54) is 0 Å². The third kappa shape index (κ3) is 3.41. The molecule has 2 aromatic carbocycles. The maximum Gasteiger partial charge on any atom is 0.415 e. The van der Waals surface area contributed by atoms with E-state index >= 15 is 0 Å². The Morgan fingerprint density at radius 1 is 1.05 bits per heavy atom. The molecule has 0 N–H and O–H groups in total. The Bertz CT molecular complexity index is 585. The third-order valence-corrected chi connectivity index (χ3v) is 3.44. The summed E-state index contributed by atoms with van der Waals surface area (Å²) in [5.74, 6) is 0.560. The summed E-state index contributed by atoms with van der Waals surface area (Å²) in [7, 11) is 0. The second-order valence-electron chi connectivity index (χ2n) is 4.90. The summed E-state index contributed by atoms with van der Waals surface area (Å²) in [6.45, 7) is 1.58. The predicted molar refractivity (Wildman–Crippen MR) is 79.2 cm³/mol. The van der Waals surface area contributed by atoms with Gasteiger partial charge in [-0.05, 0) is 17.7 Å². The van der Waals surface area contributed by atoms with Crippen LogP contribution in [0.15, 0.2) is 60.7 Å². The lowest BCUT2D eigenvalue weighted by Crippen LogP contribution is -2.43. The van der Waals surface area contributed by atoms with Gasteiger partial charge in [0.2, 0.25) is 0 Å². The van der Waals surface area contributed by atoms with E-state index in [0.29, 0.717) is 25.4 Å². The molecule has 1 atom stereocenters. The van der Waals surface area contributed by atoms with Crippen molar-refractivity contribution in [3.63, 3.8) is 0 Å². The van der Waals surface area contributed by atoms with E-state index in [2.05, 4.69) is 0 Å². The number of carbonyl (C=O) groups excluding carboxylic acids is 1. The number of rotatable bonds is 2. The van der Waals surface area contributed by atoms with E-state index < -0.39 is 0 Å². The van der Waals surface area contributed by atoms with Gasteiger partial charge in [0.25, 0.3) is 0 Å². The molecule has 0 bridgehead atoms. The molecule has 1 fully saturated rings. The van der Waals surface area contributed by atoms with Crippen molar-refractivity contribution in [2.75, 3.05) is 19.7 Å². The van der Waals surface area contributed by atoms with Crippen LogP contribution < -0.4 is 4.74 Å². The van der Waals surface area contributed by atoms with Crippen LogP contribution in [-0.2, 0) is 4.74 Å². The molecule has 1 saturated heterocycles. The first-order chi connectivity index (χ1) is 10.3. The van der Waals surface area contributed by atoms with Crippen molar-refractivity contribution in [1.82, 2.24) is 4.90 Å². The van der Waals surface area contributed by atoms with E-state index in [1.54, 1.807) is 17.0 Å². The first kappa shape index (κ1) is 13.6. The van der Waals surface area contributed by atoms with Crippen molar-refractivity contribution in [2.24, 2.45) is 0 Å². The largest absolute Gasteiger partial charge is 0.415 e. The molecule has 1 heterocycles. The number of nitrogens with zero attached hydrogens (tertiary/aromatic N) is 1. The molecule has 21 heavy (non-hydrogen) atoms. The van der Waals surface area contributed by atoms with Crippen LogP contribution in [0.5, 0.6) is 5.75 Å². The minimum Gasteiger partial charge on any atom is -0.410 e. The van der Waals surface area contributed by atoms with Gasteiger partial charge in [0.1, 0.15) is 11.9 Å². The molecule has 0 aliphatic carbocycles. The fourth-order valence-electron chi connectivity index (χ4n) is 2.34. The Morgan fingerprint density at radius 3 is 2.43 bits per heavy atom. The number of para-hydroxylation sites is 1. The Hall–Kier alpha value is -2.33. The molecule has 0 saturated carbocycles. The molecule has 1 unspecified atom stereocenters. The number of hydrogen-bond donors (Lipinski definition) is 0. The molecule has 0 aromatic heterocycles. The second kappa shape index (κ2) is 6.41. The van der Waals surface area contributed by atoms with Gasteiger partial charge in [0, 0.05) is 6.54 Å². The lowest BCUT2D eigenvalue weighted by molar-refractivity contribution is -0.0218. The summed E-state index contributed by atoms with van der Waals surface area (Å²) in [4.78, 5) is 13.9. The second-order valence-corrected chi connectivity index (χ2v) is 4.90. The van der Waals surface area contributed by atoms with Crippen molar-refractivity contribution >= 4 is 6.09 Å². The molecule has 0 radical (unpaired) electrons. The molecule has 108 valence electrons. The van der Waals surface area contributed by atoms with E-state index in [4.69, 9.17) is 9.47 Å². The molecule has 1 aliphatic heterocycles. The predicted octanol–water partition coefficient (Wildman–Crippen LogP) is 3.26. The molecule has 4 nitrogen and oxygen atoms in total. The van der Waals surface area contributed by atoms with Crippen LogP contribution in [0.25, 0.3) is 0 Å². The number of amides is 1. The molecule has 3 rings (SSSR count). The first-order valence-corrected chi connectivity index (χ1v) is 7.01. The van der Waals surface area contributed by atoms with Crippen molar-refractivity contribution in [3.8, 4) is 5.75 Å². The van der Waals surface area contributed by atoms with Crippen LogP contribution in [0, 0.1) is 0 Å². The zero-order chi connectivity index (χ0) is 14.5. The summed E-state index contributed by atoms with van der Waals surface area (Å²) >= 11 is 0. The summed E-state index contributed by atoms with van der Waals surface area (Å²) in [5.41, 5.74) is 1.08. The average molecular weight is 283 g/mol. The van der Waals surface area contributed by atoms with Crippen LogP contribution in [0.3, 0.4) is 0 Å². The minimum atomic E-state index is -0.328. The zero-order valence-electron chi connectivity index (χ0n) is 11.6. The summed E-state index contributed by atoms with van der Waals surface area (Å²) in [6.07, 6.45) is -0.422. The Kier molecular flexibility index (Phi) is 4.17. The van der Waals surface area contributed by atoms with E-state index in [0.717, 1.165) is 5.56 Å². The minimum absolute atomic E-state index is 0.0942. The highest BCUT2D eigenvalue weighted by atomic mass is 16.6. The Balaban J connectivity index is 1.64. The maximum atomic E-state index is 12.2. The van der Waals surface area contributed by atoms with E-state index in [1.807, 2.05) is 48.5 Å². The molecule has 2 aromatic rings. The van der Waals surface area contributed by atoms with Gasteiger partial charge in [-0.1, -0.05) is 48.5 Å². The van der Waals surface area contributed by atoms with Gasteiger partial charge in [0.15, 0.2) is 0 Å². The fourth-order valence-corrected chi connectivity index (χ4v) is 2.34. The van der Waals surface area contributed by atoms with E-state index in [-0.39, 0.29) is 12.2 Å². The van der Waals surface area contributed by atoms with Gasteiger partial charge < -0.3 is 14.4 Å². The normalized spacial score (nSPS) is 18.3. The van der Waals surface area contributed by atoms with Gasteiger partial charge in [-0.2, -0.15) is 0 Å². The third-order valence-electron chi connectivity index (χ3n) is 3.44. The van der Waals surface area contributed by atoms with Crippen molar-refractivity contribution < 1.29 is 14.3 Å². The molecule has 0 spiro atoms. The number of morpholine rings is 1. The van der Waals surface area contributed by atoms with Gasteiger partial charge in [0.05, 0.1) is 13.2 Å². The monoisotopic (exact) mass is 283 g/mol. The molecule has 1 aliphatic rings. The van der Waals surface area contributed by atoms with Crippen LogP contribution >= 0.6 is 0 Å². The van der Waals surface area contributed by atoms with Crippen molar-refractivity contribution in [3.05, 3.63) is 66.2 Å². The van der Waals surface area contributed by atoms with Crippen LogP contribution in [-0.4, -0.2) is 30.7 Å².